The summed E-state index contributed by atoms with van der Waals surface area (Å²) < 4.78 is 0. The Bertz CT molecular complexity index is 193. The second kappa shape index (κ2) is 7.32. The molecule has 82 valence electrons. The van der Waals surface area contributed by atoms with Crippen molar-refractivity contribution in [2.75, 3.05) is 19.7 Å². The van der Waals surface area contributed by atoms with Crippen LogP contribution in [0.1, 0.15) is 26.2 Å². The number of nitrogens with zero attached hydrogens (tertiary/aromatic N) is 1. The van der Waals surface area contributed by atoms with Gasteiger partial charge in [0.25, 0.3) is 0 Å². The molecule has 0 bridgehead atoms. The minimum absolute atomic E-state index is 0.130. The third kappa shape index (κ3) is 5.53. The Morgan fingerprint density at radius 3 is 2.36 bits per heavy atom. The largest absolute Gasteiger partial charge is 0.481 e. The lowest BCUT2D eigenvalue weighted by Gasteiger charge is -2.20. The summed E-state index contributed by atoms with van der Waals surface area (Å²) in [4.78, 5) is 23.0. The Morgan fingerprint density at radius 2 is 1.93 bits per heavy atom. The van der Waals surface area contributed by atoms with Crippen molar-refractivity contribution >= 4 is 11.9 Å². The molecule has 0 unspecified atom stereocenters. The molecule has 0 atom stereocenters. The lowest BCUT2D eigenvalue weighted by atomic mass is 10.3. The van der Waals surface area contributed by atoms with Gasteiger partial charge in [0.2, 0.25) is 5.91 Å². The summed E-state index contributed by atoms with van der Waals surface area (Å²) in [5, 5.41) is 17.1. The van der Waals surface area contributed by atoms with E-state index in [1.807, 2.05) is 6.92 Å². The number of amides is 1. The molecule has 0 heterocycles. The van der Waals surface area contributed by atoms with Crippen LogP contribution in [-0.4, -0.2) is 46.7 Å². The predicted octanol–water partition coefficient (Wildman–Crippen LogP) is 0.0821. The topological polar surface area (TPSA) is 77.8 Å². The highest BCUT2D eigenvalue weighted by Gasteiger charge is 2.15. The maximum absolute atomic E-state index is 11.3. The van der Waals surface area contributed by atoms with Crippen LogP contribution in [0.4, 0.5) is 0 Å². The number of hydrogen-bond donors (Lipinski definition) is 2. The molecule has 0 aromatic carbocycles. The highest BCUT2D eigenvalue weighted by atomic mass is 16.4. The van der Waals surface area contributed by atoms with E-state index in [2.05, 4.69) is 0 Å². The molecular weight excluding hydrogens is 186 g/mol. The van der Waals surface area contributed by atoms with Crippen molar-refractivity contribution in [2.24, 2.45) is 0 Å². The smallest absolute Gasteiger partial charge is 0.312 e. The number of carbonyl (C=O) groups excluding carboxylic acids is 1. The Morgan fingerprint density at radius 1 is 1.29 bits per heavy atom. The zero-order chi connectivity index (χ0) is 11.0. The van der Waals surface area contributed by atoms with Crippen molar-refractivity contribution < 1.29 is 19.8 Å². The van der Waals surface area contributed by atoms with Gasteiger partial charge in [-0.25, -0.2) is 0 Å². The minimum atomic E-state index is -1.13. The third-order valence-corrected chi connectivity index (χ3v) is 1.81. The highest BCUT2D eigenvalue weighted by Crippen LogP contribution is 1.98. The van der Waals surface area contributed by atoms with Gasteiger partial charge in [-0.3, -0.25) is 9.59 Å². The molecule has 0 aromatic heterocycles. The van der Waals surface area contributed by atoms with Gasteiger partial charge < -0.3 is 15.1 Å². The molecule has 0 saturated carbocycles. The fraction of sp³-hybridized carbons (Fsp3) is 0.778. The van der Waals surface area contributed by atoms with Crippen LogP contribution in [0.5, 0.6) is 0 Å². The first-order valence-electron chi connectivity index (χ1n) is 4.72. The molecule has 5 nitrogen and oxygen atoms in total. The van der Waals surface area contributed by atoms with Gasteiger partial charge in [-0.2, -0.15) is 0 Å². The number of aliphatic carboxylic acids is 1. The van der Waals surface area contributed by atoms with E-state index < -0.39 is 18.3 Å². The van der Waals surface area contributed by atoms with E-state index in [-0.39, 0.29) is 13.2 Å². The van der Waals surface area contributed by atoms with Crippen LogP contribution in [0.3, 0.4) is 0 Å². The van der Waals surface area contributed by atoms with Gasteiger partial charge in [0.05, 0.1) is 6.61 Å². The van der Waals surface area contributed by atoms with E-state index in [0.717, 1.165) is 12.8 Å². The van der Waals surface area contributed by atoms with Gasteiger partial charge in [0, 0.05) is 13.1 Å². The lowest BCUT2D eigenvalue weighted by molar-refractivity contribution is -0.144. The monoisotopic (exact) mass is 203 g/mol. The first-order valence-corrected chi connectivity index (χ1v) is 4.72. The quantitative estimate of drug-likeness (QED) is 0.574. The Kier molecular flexibility index (Phi) is 6.74. The molecule has 0 aliphatic rings. The van der Waals surface area contributed by atoms with Crippen molar-refractivity contribution in [3.8, 4) is 0 Å². The summed E-state index contributed by atoms with van der Waals surface area (Å²) in [6.07, 6.45) is 1.26. The minimum Gasteiger partial charge on any atom is -0.481 e. The van der Waals surface area contributed by atoms with Crippen LogP contribution in [0, 0.1) is 0 Å². The molecule has 0 radical (unpaired) electrons. The third-order valence-electron chi connectivity index (χ3n) is 1.81. The molecule has 2 N–H and O–H groups in total. The molecule has 5 heteroatoms. The first kappa shape index (κ1) is 12.9. The number of unbranched alkanes of at least 4 members (excludes halogenated alkanes) is 1. The Hall–Kier alpha value is -1.10. The van der Waals surface area contributed by atoms with Gasteiger partial charge >= 0.3 is 5.97 Å². The number of aliphatic hydroxyl groups is 1. The van der Waals surface area contributed by atoms with Gasteiger partial charge in [-0.15, -0.1) is 0 Å². The van der Waals surface area contributed by atoms with Crippen LogP contribution in [-0.2, 0) is 9.59 Å². The van der Waals surface area contributed by atoms with Gasteiger partial charge in [0.15, 0.2) is 0 Å². The molecular formula is C9H17NO4. The van der Waals surface area contributed by atoms with Crippen molar-refractivity contribution in [1.82, 2.24) is 4.90 Å². The average molecular weight is 203 g/mol. The number of carboxylic acids is 1. The van der Waals surface area contributed by atoms with E-state index in [1.165, 1.54) is 4.90 Å². The molecule has 0 spiro atoms. The number of carboxylic acid groups (broad SMARTS) is 1. The molecule has 0 rings (SSSR count). The standard InChI is InChI=1S/C9H17NO4/c1-2-3-4-10(5-6-11)8(12)7-9(13)14/h11H,2-7H2,1H3,(H,13,14). The van der Waals surface area contributed by atoms with Crippen LogP contribution >= 0.6 is 0 Å². The molecule has 0 aliphatic carbocycles. The zero-order valence-corrected chi connectivity index (χ0v) is 8.40. The Labute approximate surface area is 83.3 Å². The lowest BCUT2D eigenvalue weighted by Crippen LogP contribution is -2.35. The average Bonchev–Trinajstić information content (AvgIpc) is 2.10. The van der Waals surface area contributed by atoms with Crippen LogP contribution in [0.25, 0.3) is 0 Å². The number of carbonyl (C=O) groups is 2. The van der Waals surface area contributed by atoms with Crippen molar-refractivity contribution in [3.05, 3.63) is 0 Å². The van der Waals surface area contributed by atoms with Crippen LogP contribution < -0.4 is 0 Å². The van der Waals surface area contributed by atoms with Crippen molar-refractivity contribution in [3.63, 3.8) is 0 Å². The van der Waals surface area contributed by atoms with Crippen molar-refractivity contribution in [1.29, 1.82) is 0 Å². The van der Waals surface area contributed by atoms with E-state index in [0.29, 0.717) is 6.54 Å². The summed E-state index contributed by atoms with van der Waals surface area (Å²) in [6, 6.07) is 0. The fourth-order valence-corrected chi connectivity index (χ4v) is 1.07. The van der Waals surface area contributed by atoms with E-state index in [1.54, 1.807) is 0 Å². The molecule has 1 amide bonds. The summed E-state index contributed by atoms with van der Waals surface area (Å²) >= 11 is 0. The highest BCUT2D eigenvalue weighted by molar-refractivity contribution is 5.93. The summed E-state index contributed by atoms with van der Waals surface area (Å²) in [6.45, 7) is 2.59. The summed E-state index contributed by atoms with van der Waals surface area (Å²) in [5.41, 5.74) is 0. The van der Waals surface area contributed by atoms with Gasteiger partial charge in [0.1, 0.15) is 6.42 Å². The first-order chi connectivity index (χ1) is 6.61. The molecule has 14 heavy (non-hydrogen) atoms. The molecule has 0 saturated heterocycles. The second-order valence-electron chi connectivity index (χ2n) is 3.03. The molecule has 0 aliphatic heterocycles. The zero-order valence-electron chi connectivity index (χ0n) is 8.40. The fourth-order valence-electron chi connectivity index (χ4n) is 1.07. The molecule has 0 aromatic rings. The maximum Gasteiger partial charge on any atom is 0.312 e. The normalized spacial score (nSPS) is 9.86. The Balaban J connectivity index is 4.03. The maximum atomic E-state index is 11.3. The van der Waals surface area contributed by atoms with Crippen molar-refractivity contribution in [2.45, 2.75) is 26.2 Å². The summed E-state index contributed by atoms with van der Waals surface area (Å²) in [5.74, 6) is -1.56. The van der Waals surface area contributed by atoms with Crippen LogP contribution in [0.2, 0.25) is 0 Å². The van der Waals surface area contributed by atoms with E-state index in [4.69, 9.17) is 10.2 Å². The van der Waals surface area contributed by atoms with Gasteiger partial charge in [-0.1, -0.05) is 13.3 Å². The van der Waals surface area contributed by atoms with Gasteiger partial charge in [-0.05, 0) is 6.42 Å². The summed E-state index contributed by atoms with van der Waals surface area (Å²) in [7, 11) is 0. The van der Waals surface area contributed by atoms with E-state index in [9.17, 15) is 9.59 Å². The van der Waals surface area contributed by atoms with E-state index >= 15 is 0 Å². The second-order valence-corrected chi connectivity index (χ2v) is 3.03. The molecule has 0 fully saturated rings. The number of rotatable bonds is 7. The van der Waals surface area contributed by atoms with Crippen LogP contribution in [0.15, 0.2) is 0 Å². The predicted molar refractivity (Wildman–Crippen MR) is 50.8 cm³/mol. The number of aliphatic hydroxyl groups excluding tert-OH is 1. The SMILES string of the molecule is CCCCN(CCO)C(=O)CC(=O)O. The number of hydrogen-bond acceptors (Lipinski definition) is 3.